The Labute approximate surface area is 81.0 Å². The van der Waals surface area contributed by atoms with Gasteiger partial charge in [-0.05, 0) is 38.0 Å². The van der Waals surface area contributed by atoms with Crippen molar-refractivity contribution in [2.75, 3.05) is 6.61 Å². The Morgan fingerprint density at radius 2 is 1.92 bits per heavy atom. The Balaban J connectivity index is 2.22. The molecule has 13 heavy (non-hydrogen) atoms. The van der Waals surface area contributed by atoms with Gasteiger partial charge in [-0.2, -0.15) is 0 Å². The van der Waals surface area contributed by atoms with Crippen molar-refractivity contribution in [2.24, 2.45) is 0 Å². The van der Waals surface area contributed by atoms with Crippen LogP contribution in [0.25, 0.3) is 0 Å². The molecule has 1 saturated carbocycles. The van der Waals surface area contributed by atoms with Crippen LogP contribution in [-0.4, -0.2) is 22.4 Å². The zero-order chi connectivity index (χ0) is 9.73. The first-order valence-electron chi connectivity index (χ1n) is 5.37. The van der Waals surface area contributed by atoms with E-state index in [0.717, 1.165) is 25.7 Å². The van der Waals surface area contributed by atoms with E-state index in [4.69, 9.17) is 5.11 Å². The van der Waals surface area contributed by atoms with Gasteiger partial charge in [0.25, 0.3) is 0 Å². The largest absolute Gasteiger partial charge is 0.393 e. The van der Waals surface area contributed by atoms with Gasteiger partial charge in [-0.15, -0.1) is 0 Å². The Morgan fingerprint density at radius 1 is 1.31 bits per heavy atom. The maximum atomic E-state index is 9.76. The zero-order valence-electron chi connectivity index (χ0n) is 8.55. The molecule has 2 heteroatoms. The van der Waals surface area contributed by atoms with E-state index in [1.807, 2.05) is 0 Å². The average molecular weight is 185 g/mol. The molecule has 0 aliphatic heterocycles. The minimum Gasteiger partial charge on any atom is -0.393 e. The summed E-state index contributed by atoms with van der Waals surface area (Å²) < 4.78 is 0. The molecular formula is C11H21O2. The second kappa shape index (κ2) is 4.97. The van der Waals surface area contributed by atoms with Crippen LogP contribution in [0.3, 0.4) is 0 Å². The molecule has 0 aromatic rings. The van der Waals surface area contributed by atoms with E-state index in [1.54, 1.807) is 5.92 Å². The molecule has 0 heterocycles. The molecular weight excluding hydrogens is 164 g/mol. The van der Waals surface area contributed by atoms with Crippen LogP contribution in [0, 0.1) is 5.92 Å². The van der Waals surface area contributed by atoms with Gasteiger partial charge in [-0.1, -0.05) is 19.8 Å². The van der Waals surface area contributed by atoms with Gasteiger partial charge in [0.15, 0.2) is 0 Å². The number of hydrogen-bond donors (Lipinski definition) is 2. The van der Waals surface area contributed by atoms with E-state index in [9.17, 15) is 5.11 Å². The molecule has 77 valence electrons. The lowest BCUT2D eigenvalue weighted by atomic mass is 9.77. The molecule has 0 spiro atoms. The molecule has 0 amide bonds. The molecule has 0 aromatic heterocycles. The van der Waals surface area contributed by atoms with Crippen LogP contribution in [0.1, 0.15) is 51.9 Å². The predicted octanol–water partition coefficient (Wildman–Crippen LogP) is 2.05. The summed E-state index contributed by atoms with van der Waals surface area (Å²) in [6.45, 7) is 2.13. The van der Waals surface area contributed by atoms with Gasteiger partial charge >= 0.3 is 0 Å². The zero-order valence-corrected chi connectivity index (χ0v) is 8.55. The average Bonchev–Trinajstić information content (AvgIpc) is 2.17. The lowest BCUT2D eigenvalue weighted by molar-refractivity contribution is -0.0391. The van der Waals surface area contributed by atoms with Crippen LogP contribution in [0.5, 0.6) is 0 Å². The fourth-order valence-corrected chi connectivity index (χ4v) is 1.90. The summed E-state index contributed by atoms with van der Waals surface area (Å²) in [5, 5.41) is 18.7. The Morgan fingerprint density at radius 3 is 2.38 bits per heavy atom. The summed E-state index contributed by atoms with van der Waals surface area (Å²) in [6.07, 6.45) is 7.26. The van der Waals surface area contributed by atoms with Crippen LogP contribution in [0.2, 0.25) is 0 Å². The smallest absolute Gasteiger partial charge is 0.0877 e. The molecule has 1 rings (SSSR count). The molecule has 1 radical (unpaired) electrons. The van der Waals surface area contributed by atoms with Crippen molar-refractivity contribution in [3.8, 4) is 0 Å². The first kappa shape index (κ1) is 11.0. The third kappa shape index (κ3) is 3.28. The summed E-state index contributed by atoms with van der Waals surface area (Å²) >= 11 is 0. The maximum Gasteiger partial charge on any atom is 0.0877 e. The van der Waals surface area contributed by atoms with Crippen molar-refractivity contribution >= 4 is 0 Å². The van der Waals surface area contributed by atoms with Crippen molar-refractivity contribution in [1.29, 1.82) is 0 Å². The summed E-state index contributed by atoms with van der Waals surface area (Å²) in [5.74, 6) is 1.58. The van der Waals surface area contributed by atoms with Crippen LogP contribution in [-0.2, 0) is 0 Å². The number of aliphatic hydroxyl groups is 2. The molecule has 0 saturated heterocycles. The fourth-order valence-electron chi connectivity index (χ4n) is 1.90. The van der Waals surface area contributed by atoms with E-state index in [-0.39, 0.29) is 6.61 Å². The third-order valence-electron chi connectivity index (χ3n) is 3.07. The molecule has 1 fully saturated rings. The SMILES string of the molecule is CCCC[C]1CCC(O)(CO)CC1. The quantitative estimate of drug-likeness (QED) is 0.703. The number of unbranched alkanes of at least 4 members (excludes halogenated alkanes) is 1. The first-order valence-corrected chi connectivity index (χ1v) is 5.37. The summed E-state index contributed by atoms with van der Waals surface area (Å²) in [4.78, 5) is 0. The van der Waals surface area contributed by atoms with E-state index < -0.39 is 5.60 Å². The van der Waals surface area contributed by atoms with E-state index in [1.165, 1.54) is 19.3 Å². The topological polar surface area (TPSA) is 40.5 Å². The first-order chi connectivity index (χ1) is 6.20. The molecule has 2 nitrogen and oxygen atoms in total. The van der Waals surface area contributed by atoms with Crippen molar-refractivity contribution in [3.05, 3.63) is 5.92 Å². The Hall–Kier alpha value is -0.0800. The molecule has 1 aliphatic rings. The van der Waals surface area contributed by atoms with Crippen molar-refractivity contribution in [3.63, 3.8) is 0 Å². The van der Waals surface area contributed by atoms with Crippen molar-refractivity contribution in [1.82, 2.24) is 0 Å². The van der Waals surface area contributed by atoms with Crippen LogP contribution in [0.4, 0.5) is 0 Å². The highest BCUT2D eigenvalue weighted by molar-refractivity contribution is 4.99. The molecule has 0 unspecified atom stereocenters. The Bertz CT molecular complexity index is 137. The fraction of sp³-hybridized carbons (Fsp3) is 0.909. The van der Waals surface area contributed by atoms with Crippen LogP contribution >= 0.6 is 0 Å². The standard InChI is InChI=1S/C11H21O2/c1-2-3-4-10-5-7-11(13,9-12)8-6-10/h12-13H,2-9H2,1H3. The number of rotatable bonds is 4. The van der Waals surface area contributed by atoms with Crippen LogP contribution < -0.4 is 0 Å². The maximum absolute atomic E-state index is 9.76. The normalized spacial score (nSPS) is 23.3. The van der Waals surface area contributed by atoms with E-state index in [2.05, 4.69) is 6.92 Å². The Kier molecular flexibility index (Phi) is 4.20. The van der Waals surface area contributed by atoms with Crippen molar-refractivity contribution in [2.45, 2.75) is 57.5 Å². The van der Waals surface area contributed by atoms with Gasteiger partial charge in [0.05, 0.1) is 12.2 Å². The van der Waals surface area contributed by atoms with Crippen molar-refractivity contribution < 1.29 is 10.2 Å². The molecule has 0 bridgehead atoms. The van der Waals surface area contributed by atoms with Gasteiger partial charge in [-0.25, -0.2) is 0 Å². The summed E-state index contributed by atoms with van der Waals surface area (Å²) in [5.41, 5.74) is -0.768. The van der Waals surface area contributed by atoms with Gasteiger partial charge in [0, 0.05) is 0 Å². The number of aliphatic hydroxyl groups excluding tert-OH is 1. The van der Waals surface area contributed by atoms with Gasteiger partial charge in [0.2, 0.25) is 0 Å². The monoisotopic (exact) mass is 185 g/mol. The highest BCUT2D eigenvalue weighted by Crippen LogP contribution is 2.35. The highest BCUT2D eigenvalue weighted by Gasteiger charge is 2.32. The van der Waals surface area contributed by atoms with E-state index >= 15 is 0 Å². The lowest BCUT2D eigenvalue weighted by Gasteiger charge is -2.34. The molecule has 0 atom stereocenters. The van der Waals surface area contributed by atoms with Gasteiger partial charge < -0.3 is 10.2 Å². The molecule has 0 aromatic carbocycles. The second-order valence-electron chi connectivity index (χ2n) is 4.24. The predicted molar refractivity (Wildman–Crippen MR) is 53.3 cm³/mol. The lowest BCUT2D eigenvalue weighted by Crippen LogP contribution is -2.37. The second-order valence-corrected chi connectivity index (χ2v) is 4.24. The summed E-state index contributed by atoms with van der Waals surface area (Å²) in [7, 11) is 0. The third-order valence-corrected chi connectivity index (χ3v) is 3.07. The number of hydrogen-bond acceptors (Lipinski definition) is 2. The summed E-state index contributed by atoms with van der Waals surface area (Å²) in [6, 6.07) is 0. The van der Waals surface area contributed by atoms with E-state index in [0.29, 0.717) is 0 Å². The molecule has 1 aliphatic carbocycles. The van der Waals surface area contributed by atoms with Crippen LogP contribution in [0.15, 0.2) is 0 Å². The molecule has 2 N–H and O–H groups in total. The van der Waals surface area contributed by atoms with Gasteiger partial charge in [0.1, 0.15) is 0 Å². The minimum atomic E-state index is -0.768. The minimum absolute atomic E-state index is 0.0753. The highest BCUT2D eigenvalue weighted by atomic mass is 16.3. The van der Waals surface area contributed by atoms with Gasteiger partial charge in [-0.3, -0.25) is 0 Å².